The summed E-state index contributed by atoms with van der Waals surface area (Å²) in [5.41, 5.74) is 0. The van der Waals surface area contributed by atoms with E-state index in [0.717, 1.165) is 8.80 Å². The molecule has 0 heterocycles. The number of hydrogen-bond donors (Lipinski definition) is 0. The highest BCUT2D eigenvalue weighted by atomic mass is 28.7. The van der Waals surface area contributed by atoms with Crippen LogP contribution in [0.4, 0.5) is 0 Å². The Morgan fingerprint density at radius 2 is 2.29 bits per heavy atom. The zero-order chi connectivity index (χ0) is 4.99. The van der Waals surface area contributed by atoms with Crippen molar-refractivity contribution in [2.75, 3.05) is 0 Å². The van der Waals surface area contributed by atoms with Crippen molar-refractivity contribution in [1.82, 2.24) is 0 Å². The fourth-order valence-corrected chi connectivity index (χ4v) is 1.83. The molecule has 4 heteroatoms. The lowest BCUT2D eigenvalue weighted by molar-refractivity contribution is -0.131. The van der Waals surface area contributed by atoms with Crippen LogP contribution in [0.2, 0.25) is 0 Å². The van der Waals surface area contributed by atoms with Crippen LogP contribution in [0, 0.1) is 7.43 Å². The summed E-state index contributed by atoms with van der Waals surface area (Å²) in [6.45, 7) is 1.45. The normalized spacial score (nSPS) is 6.43. The van der Waals surface area contributed by atoms with Crippen molar-refractivity contribution in [2.45, 2.75) is 6.92 Å². The van der Waals surface area contributed by atoms with Crippen molar-refractivity contribution in [2.24, 2.45) is 0 Å². The molecule has 0 N–H and O–H groups in total. The van der Waals surface area contributed by atoms with Crippen LogP contribution in [0.5, 0.6) is 0 Å². The molecule has 0 aliphatic heterocycles. The minimum atomic E-state index is -0.344. The average molecular weight is 133 g/mol. The summed E-state index contributed by atoms with van der Waals surface area (Å²) in [7, 11) is 1.08. The van der Waals surface area contributed by atoms with E-state index >= 15 is 0 Å². The first-order chi connectivity index (χ1) is 2.77. The molecular weight excluding hydrogens is 123 g/mol. The lowest BCUT2D eigenvalue weighted by Crippen LogP contribution is -2.02. The van der Waals surface area contributed by atoms with Gasteiger partial charge in [0, 0.05) is 15.7 Å². The van der Waals surface area contributed by atoms with Crippen molar-refractivity contribution >= 4 is 29.7 Å². The van der Waals surface area contributed by atoms with Crippen LogP contribution < -0.4 is 0 Å². The van der Waals surface area contributed by atoms with Crippen molar-refractivity contribution in [3.05, 3.63) is 7.43 Å². The molecule has 0 aliphatic carbocycles. The maximum absolute atomic E-state index is 9.88. The average Bonchev–Trinajstić information content (AvgIpc) is 1.35. The first-order valence-corrected chi connectivity index (χ1v) is 8.14. The Kier molecular flexibility index (Phi) is 9.11. The predicted molar refractivity (Wildman–Crippen MR) is 35.3 cm³/mol. The molecule has 0 aromatic carbocycles. The standard InChI is InChI=1S/C2H4O2.CH3.Al.H3Si.H/c1-2(3)4;;;;/h1H3,(H,3,4);1H3;;1H3;/q;;+1;;/p-1. The first-order valence-electron chi connectivity index (χ1n) is 1.90. The van der Waals surface area contributed by atoms with Crippen LogP contribution in [0.3, 0.4) is 0 Å². The third-order valence-corrected chi connectivity index (χ3v) is 1.91. The second-order valence-electron chi connectivity index (χ2n) is 0.925. The molecule has 0 amide bonds. The molecule has 0 rings (SSSR count). The zero-order valence-electron chi connectivity index (χ0n) is 5.02. The van der Waals surface area contributed by atoms with Gasteiger partial charge in [0.15, 0.2) is 0 Å². The molecule has 1 radical (unpaired) electrons. The van der Waals surface area contributed by atoms with Gasteiger partial charge in [-0.05, 0) is 0 Å². The minimum absolute atomic E-state index is 0. The summed E-state index contributed by atoms with van der Waals surface area (Å²) in [5.74, 6) is -0.114. The molecule has 0 saturated heterocycles. The van der Waals surface area contributed by atoms with Crippen molar-refractivity contribution in [3.63, 3.8) is 0 Å². The monoisotopic (exact) mass is 133 g/mol. The van der Waals surface area contributed by atoms with Gasteiger partial charge in [0.1, 0.15) is 0 Å². The van der Waals surface area contributed by atoms with Crippen LogP contribution in [0.1, 0.15) is 6.92 Å². The number of rotatable bonds is 1. The lowest BCUT2D eigenvalue weighted by atomic mass is 10.9. The Morgan fingerprint density at radius 1 is 1.86 bits per heavy atom. The zero-order valence-corrected chi connectivity index (χ0v) is 8.44. The van der Waals surface area contributed by atoms with E-state index < -0.39 is 0 Å². The highest BCUT2D eigenvalue weighted by molar-refractivity contribution is 6.86. The SMILES string of the molecule is CC(=O)[O][AlH][SiH3].[CH3]. The fourth-order valence-electron chi connectivity index (χ4n) is 0.203. The Labute approximate surface area is 53.1 Å². The first kappa shape index (κ1) is 10.3. The number of carbonyl (C=O) groups is 1. The van der Waals surface area contributed by atoms with E-state index in [0.29, 0.717) is 0 Å². The van der Waals surface area contributed by atoms with E-state index in [1.54, 1.807) is 0 Å². The Bertz CT molecular complexity index is 56.9. The van der Waals surface area contributed by atoms with Gasteiger partial charge in [-0.3, -0.25) is 4.79 Å². The van der Waals surface area contributed by atoms with E-state index in [1.165, 1.54) is 6.92 Å². The van der Waals surface area contributed by atoms with Crippen LogP contribution in [-0.4, -0.2) is 29.7 Å². The summed E-state index contributed by atoms with van der Waals surface area (Å²) in [6.07, 6.45) is 0. The molecule has 0 aromatic heterocycles. The van der Waals surface area contributed by atoms with Gasteiger partial charge >= 0.3 is 14.9 Å². The van der Waals surface area contributed by atoms with Crippen LogP contribution in [0.15, 0.2) is 0 Å². The van der Waals surface area contributed by atoms with E-state index in [2.05, 4.69) is 3.79 Å². The van der Waals surface area contributed by atoms with Gasteiger partial charge in [0.05, 0.1) is 0 Å². The molecule has 7 heavy (non-hydrogen) atoms. The maximum atomic E-state index is 9.88. The molecule has 0 fully saturated rings. The van der Waals surface area contributed by atoms with Gasteiger partial charge in [-0.25, -0.2) is 0 Å². The third-order valence-electron chi connectivity index (χ3n) is 0.348. The van der Waals surface area contributed by atoms with Crippen LogP contribution in [-0.2, 0) is 8.58 Å². The van der Waals surface area contributed by atoms with E-state index in [9.17, 15) is 4.79 Å². The molecule has 0 unspecified atom stereocenters. The molecule has 0 atom stereocenters. The van der Waals surface area contributed by atoms with Crippen molar-refractivity contribution in [1.29, 1.82) is 0 Å². The van der Waals surface area contributed by atoms with Crippen LogP contribution >= 0.6 is 0 Å². The number of hydrogen-bond acceptors (Lipinski definition) is 2. The molecule has 0 aromatic rings. The van der Waals surface area contributed by atoms with Gasteiger partial charge < -0.3 is 3.79 Å². The molecule has 0 bridgehead atoms. The predicted octanol–water partition coefficient (Wildman–Crippen LogP) is -1.37. The molecule has 0 saturated carbocycles. The molecule has 0 aliphatic rings. The smallest absolute Gasteiger partial charge is 0.491 e. The van der Waals surface area contributed by atoms with Gasteiger partial charge in [-0.15, -0.1) is 0 Å². The maximum Gasteiger partial charge on any atom is 0.491 e. The quantitative estimate of drug-likeness (QED) is 0.413. The Balaban J connectivity index is 0. The second kappa shape index (κ2) is 6.22. The molecule has 0 spiro atoms. The van der Waals surface area contributed by atoms with E-state index in [4.69, 9.17) is 0 Å². The molecule has 41 valence electrons. The summed E-state index contributed by atoms with van der Waals surface area (Å²) in [6, 6.07) is 0. The highest BCUT2D eigenvalue weighted by Gasteiger charge is 1.85. The summed E-state index contributed by atoms with van der Waals surface area (Å²) < 4.78 is 4.60. The largest absolute Gasteiger partial charge is 0.622 e. The van der Waals surface area contributed by atoms with Crippen molar-refractivity contribution in [3.8, 4) is 0 Å². The summed E-state index contributed by atoms with van der Waals surface area (Å²) in [5, 5.41) is 0. The minimum Gasteiger partial charge on any atom is -0.622 e. The second-order valence-corrected chi connectivity index (χ2v) is 3.52. The highest BCUT2D eigenvalue weighted by Crippen LogP contribution is 1.64. The molecular formula is C3H10AlO2Si. The van der Waals surface area contributed by atoms with Crippen LogP contribution in [0.25, 0.3) is 0 Å². The third kappa shape index (κ3) is 10.7. The van der Waals surface area contributed by atoms with Gasteiger partial charge in [0.25, 0.3) is 5.97 Å². The van der Waals surface area contributed by atoms with Crippen molar-refractivity contribution < 1.29 is 8.58 Å². The Hall–Kier alpha value is 0.219. The summed E-state index contributed by atoms with van der Waals surface area (Å²) in [4.78, 5) is 9.88. The fraction of sp³-hybridized carbons (Fsp3) is 0.333. The lowest BCUT2D eigenvalue weighted by Gasteiger charge is -1.90. The topological polar surface area (TPSA) is 26.3 Å². The van der Waals surface area contributed by atoms with E-state index in [-0.39, 0.29) is 28.3 Å². The Morgan fingerprint density at radius 3 is 2.29 bits per heavy atom. The van der Waals surface area contributed by atoms with Gasteiger partial charge in [-0.1, -0.05) is 7.43 Å². The summed E-state index contributed by atoms with van der Waals surface area (Å²) >= 11 is -0.344. The van der Waals surface area contributed by atoms with Gasteiger partial charge in [-0.2, -0.15) is 0 Å². The van der Waals surface area contributed by atoms with E-state index in [1.807, 2.05) is 0 Å². The molecule has 2 nitrogen and oxygen atoms in total. The van der Waals surface area contributed by atoms with Gasteiger partial charge in [0.2, 0.25) is 0 Å². The number of carbonyl (C=O) groups excluding carboxylic acids is 1.